The largest absolute Gasteiger partial charge is 0.490 e. The van der Waals surface area contributed by atoms with Gasteiger partial charge in [-0.25, -0.2) is 0 Å². The number of halogens is 1. The highest BCUT2D eigenvalue weighted by Gasteiger charge is 2.17. The molecule has 0 unspecified atom stereocenters. The van der Waals surface area contributed by atoms with Crippen molar-refractivity contribution in [3.63, 3.8) is 0 Å². The summed E-state index contributed by atoms with van der Waals surface area (Å²) in [7, 11) is 1.41. The van der Waals surface area contributed by atoms with Gasteiger partial charge in [-0.2, -0.15) is 0 Å². The van der Waals surface area contributed by atoms with Gasteiger partial charge in [-0.1, -0.05) is 19.4 Å². The van der Waals surface area contributed by atoms with E-state index in [1.165, 1.54) is 13.2 Å². The number of methoxy groups -OCH3 is 1. The van der Waals surface area contributed by atoms with E-state index in [9.17, 15) is 10.1 Å². The standard InChI is InChI=1S/C11H16N2O3.ClH/c1-3-4-9(12)8-5-6-11(16-2)10(7-8)13(14)15;/h5-7,9H,3-4,12H2,1-2H3;1H/t9-;/m0./s1. The average molecular weight is 261 g/mol. The molecule has 5 nitrogen and oxygen atoms in total. The van der Waals surface area contributed by atoms with E-state index in [-0.39, 0.29) is 29.9 Å². The summed E-state index contributed by atoms with van der Waals surface area (Å²) in [5.41, 5.74) is 6.64. The van der Waals surface area contributed by atoms with Gasteiger partial charge in [0.25, 0.3) is 0 Å². The molecule has 0 aliphatic rings. The van der Waals surface area contributed by atoms with Gasteiger partial charge in [0.15, 0.2) is 5.75 Å². The second-order valence-corrected chi connectivity index (χ2v) is 3.58. The summed E-state index contributed by atoms with van der Waals surface area (Å²) in [6.07, 6.45) is 1.75. The second-order valence-electron chi connectivity index (χ2n) is 3.58. The highest BCUT2D eigenvalue weighted by atomic mass is 35.5. The number of nitrogens with zero attached hydrogens (tertiary/aromatic N) is 1. The molecule has 96 valence electrons. The third-order valence-corrected chi connectivity index (χ3v) is 2.43. The van der Waals surface area contributed by atoms with Crippen LogP contribution in [-0.4, -0.2) is 12.0 Å². The van der Waals surface area contributed by atoms with Crippen molar-refractivity contribution in [1.29, 1.82) is 0 Å². The molecule has 0 bridgehead atoms. The Hall–Kier alpha value is -1.33. The molecule has 0 spiro atoms. The lowest BCUT2D eigenvalue weighted by Crippen LogP contribution is -2.10. The molecule has 6 heteroatoms. The first kappa shape index (κ1) is 15.7. The lowest BCUT2D eigenvalue weighted by molar-refractivity contribution is -0.385. The molecule has 0 amide bonds. The molecule has 1 rings (SSSR count). The minimum absolute atomic E-state index is 0. The van der Waals surface area contributed by atoms with E-state index in [2.05, 4.69) is 0 Å². The molecule has 0 aromatic heterocycles. The molecule has 0 heterocycles. The van der Waals surface area contributed by atoms with Crippen molar-refractivity contribution < 1.29 is 9.66 Å². The Balaban J connectivity index is 0.00000256. The summed E-state index contributed by atoms with van der Waals surface area (Å²) in [5, 5.41) is 10.8. The normalized spacial score (nSPS) is 11.5. The molecule has 2 N–H and O–H groups in total. The van der Waals surface area contributed by atoms with Crippen LogP contribution in [0.25, 0.3) is 0 Å². The highest BCUT2D eigenvalue weighted by Crippen LogP contribution is 2.30. The summed E-state index contributed by atoms with van der Waals surface area (Å²) in [5.74, 6) is 0.262. The zero-order valence-electron chi connectivity index (χ0n) is 9.88. The Morgan fingerprint density at radius 2 is 2.18 bits per heavy atom. The summed E-state index contributed by atoms with van der Waals surface area (Å²) < 4.78 is 4.92. The topological polar surface area (TPSA) is 78.4 Å². The molecule has 0 fully saturated rings. The van der Waals surface area contributed by atoms with Crippen LogP contribution in [0.5, 0.6) is 5.75 Å². The van der Waals surface area contributed by atoms with Crippen LogP contribution in [0, 0.1) is 10.1 Å². The van der Waals surface area contributed by atoms with Crippen molar-refractivity contribution in [2.45, 2.75) is 25.8 Å². The number of hydrogen-bond acceptors (Lipinski definition) is 4. The third kappa shape index (κ3) is 3.87. The summed E-state index contributed by atoms with van der Waals surface area (Å²) in [6.45, 7) is 2.03. The third-order valence-electron chi connectivity index (χ3n) is 2.43. The highest BCUT2D eigenvalue weighted by molar-refractivity contribution is 5.85. The predicted octanol–water partition coefficient (Wildman–Crippen LogP) is 2.83. The van der Waals surface area contributed by atoms with E-state index >= 15 is 0 Å². The number of hydrogen-bond donors (Lipinski definition) is 1. The van der Waals surface area contributed by atoms with Gasteiger partial charge in [0.1, 0.15) is 0 Å². The van der Waals surface area contributed by atoms with Crippen molar-refractivity contribution in [3.05, 3.63) is 33.9 Å². The van der Waals surface area contributed by atoms with Crippen LogP contribution in [0.15, 0.2) is 18.2 Å². The molecule has 1 atom stereocenters. The van der Waals surface area contributed by atoms with Crippen molar-refractivity contribution >= 4 is 18.1 Å². The van der Waals surface area contributed by atoms with E-state index in [1.54, 1.807) is 12.1 Å². The Kier molecular flexibility index (Phi) is 6.53. The first-order chi connectivity index (χ1) is 7.60. The van der Waals surface area contributed by atoms with E-state index in [1.807, 2.05) is 6.92 Å². The number of rotatable bonds is 5. The van der Waals surface area contributed by atoms with Gasteiger partial charge >= 0.3 is 5.69 Å². The van der Waals surface area contributed by atoms with Gasteiger partial charge in [-0.3, -0.25) is 10.1 Å². The van der Waals surface area contributed by atoms with E-state index < -0.39 is 4.92 Å². The number of benzene rings is 1. The number of nitrogens with two attached hydrogens (primary N) is 1. The molecule has 0 radical (unpaired) electrons. The minimum Gasteiger partial charge on any atom is -0.490 e. The maximum absolute atomic E-state index is 10.8. The lowest BCUT2D eigenvalue weighted by Gasteiger charge is -2.11. The zero-order valence-corrected chi connectivity index (χ0v) is 10.7. The van der Waals surface area contributed by atoms with Gasteiger partial charge in [-0.15, -0.1) is 12.4 Å². The van der Waals surface area contributed by atoms with Gasteiger partial charge in [0.05, 0.1) is 12.0 Å². The Morgan fingerprint density at radius 1 is 1.53 bits per heavy atom. The molecular weight excluding hydrogens is 244 g/mol. The number of nitro groups is 1. The first-order valence-electron chi connectivity index (χ1n) is 5.18. The molecule has 0 saturated heterocycles. The van der Waals surface area contributed by atoms with Gasteiger partial charge in [-0.05, 0) is 18.1 Å². The summed E-state index contributed by atoms with van der Waals surface area (Å²) in [6, 6.07) is 4.68. The fourth-order valence-corrected chi connectivity index (χ4v) is 1.56. The summed E-state index contributed by atoms with van der Waals surface area (Å²) in [4.78, 5) is 10.3. The monoisotopic (exact) mass is 260 g/mol. The van der Waals surface area contributed by atoms with Crippen LogP contribution in [-0.2, 0) is 0 Å². The van der Waals surface area contributed by atoms with Crippen LogP contribution < -0.4 is 10.5 Å². The van der Waals surface area contributed by atoms with Crippen molar-refractivity contribution in [3.8, 4) is 5.75 Å². The van der Waals surface area contributed by atoms with Crippen molar-refractivity contribution in [2.24, 2.45) is 5.73 Å². The maximum atomic E-state index is 10.8. The predicted molar refractivity (Wildman–Crippen MR) is 68.7 cm³/mol. The Bertz CT molecular complexity index is 385. The van der Waals surface area contributed by atoms with E-state index in [4.69, 9.17) is 10.5 Å². The van der Waals surface area contributed by atoms with Crippen LogP contribution in [0.2, 0.25) is 0 Å². The molecule has 0 saturated carbocycles. The second kappa shape index (κ2) is 7.09. The van der Waals surface area contributed by atoms with E-state index in [0.29, 0.717) is 0 Å². The Labute approximate surface area is 107 Å². The molecule has 0 aliphatic carbocycles. The molecule has 1 aromatic rings. The quantitative estimate of drug-likeness (QED) is 0.652. The summed E-state index contributed by atoms with van der Waals surface area (Å²) >= 11 is 0. The van der Waals surface area contributed by atoms with Crippen LogP contribution >= 0.6 is 12.4 Å². The smallest absolute Gasteiger partial charge is 0.311 e. The van der Waals surface area contributed by atoms with Crippen molar-refractivity contribution in [2.75, 3.05) is 7.11 Å². The van der Waals surface area contributed by atoms with Crippen molar-refractivity contribution in [1.82, 2.24) is 0 Å². The zero-order chi connectivity index (χ0) is 12.1. The molecule has 1 aromatic carbocycles. The Morgan fingerprint density at radius 3 is 2.65 bits per heavy atom. The molecular formula is C11H17ClN2O3. The van der Waals surface area contributed by atoms with Gasteiger partial charge in [0.2, 0.25) is 0 Å². The van der Waals surface area contributed by atoms with Crippen LogP contribution in [0.1, 0.15) is 31.4 Å². The number of ether oxygens (including phenoxy) is 1. The first-order valence-corrected chi connectivity index (χ1v) is 5.18. The molecule has 17 heavy (non-hydrogen) atoms. The number of nitro benzene ring substituents is 1. The fourth-order valence-electron chi connectivity index (χ4n) is 1.56. The van der Waals surface area contributed by atoms with E-state index in [0.717, 1.165) is 18.4 Å². The average Bonchev–Trinajstić information content (AvgIpc) is 2.28. The minimum atomic E-state index is -0.457. The van der Waals surface area contributed by atoms with Crippen LogP contribution in [0.3, 0.4) is 0 Å². The van der Waals surface area contributed by atoms with Gasteiger partial charge < -0.3 is 10.5 Å². The van der Waals surface area contributed by atoms with Crippen LogP contribution in [0.4, 0.5) is 5.69 Å². The SMILES string of the molecule is CCC[C@H](N)c1ccc(OC)c([N+](=O)[O-])c1.Cl. The lowest BCUT2D eigenvalue weighted by atomic mass is 10.0. The molecule has 0 aliphatic heterocycles. The fraction of sp³-hybridized carbons (Fsp3) is 0.455. The maximum Gasteiger partial charge on any atom is 0.311 e. The van der Waals surface area contributed by atoms with Gasteiger partial charge in [0, 0.05) is 12.1 Å².